The van der Waals surface area contributed by atoms with Crippen LogP contribution in [0.5, 0.6) is 0 Å². The molecule has 3 amide bonds. The van der Waals surface area contributed by atoms with Gasteiger partial charge in [0.2, 0.25) is 11.8 Å². The number of piperidine rings is 1. The van der Waals surface area contributed by atoms with Crippen LogP contribution in [0.4, 0.5) is 0 Å². The predicted octanol–water partition coefficient (Wildman–Crippen LogP) is 1.37. The summed E-state index contributed by atoms with van der Waals surface area (Å²) < 4.78 is 0. The van der Waals surface area contributed by atoms with Crippen molar-refractivity contribution < 1.29 is 14.4 Å². The van der Waals surface area contributed by atoms with Crippen molar-refractivity contribution in [3.05, 3.63) is 70.8 Å². The van der Waals surface area contributed by atoms with Crippen molar-refractivity contribution in [3.63, 3.8) is 0 Å². The van der Waals surface area contributed by atoms with E-state index >= 15 is 0 Å². The third-order valence-corrected chi connectivity index (χ3v) is 6.05. The number of hydrogen-bond acceptors (Lipinski definition) is 5. The van der Waals surface area contributed by atoms with Crippen LogP contribution in [0, 0.1) is 0 Å². The number of benzene rings is 2. The summed E-state index contributed by atoms with van der Waals surface area (Å²) in [6, 6.07) is 16.0. The summed E-state index contributed by atoms with van der Waals surface area (Å²) in [4.78, 5) is 38.1. The molecule has 2 aromatic carbocycles. The highest BCUT2D eigenvalue weighted by atomic mass is 16.2. The molecule has 2 atom stereocenters. The van der Waals surface area contributed by atoms with Crippen LogP contribution in [-0.2, 0) is 29.1 Å². The summed E-state index contributed by atoms with van der Waals surface area (Å²) in [5, 5.41) is 9.16. The quantitative estimate of drug-likeness (QED) is 0.561. The summed E-state index contributed by atoms with van der Waals surface area (Å²) in [6.07, 6.45) is 1.58. The van der Waals surface area contributed by atoms with Gasteiger partial charge in [-0.25, -0.2) is 0 Å². The second-order valence-electron chi connectivity index (χ2n) is 8.20. The first-order valence-corrected chi connectivity index (χ1v) is 10.7. The van der Waals surface area contributed by atoms with Crippen molar-refractivity contribution in [1.29, 1.82) is 0 Å². The van der Waals surface area contributed by atoms with Gasteiger partial charge in [-0.3, -0.25) is 19.7 Å². The maximum atomic E-state index is 12.9. The van der Waals surface area contributed by atoms with Crippen LogP contribution in [0.25, 0.3) is 0 Å². The van der Waals surface area contributed by atoms with E-state index in [-0.39, 0.29) is 24.1 Å². The average molecular weight is 421 g/mol. The summed E-state index contributed by atoms with van der Waals surface area (Å²) in [5.74, 6) is -0.787. The maximum absolute atomic E-state index is 12.9. The fraction of sp³-hybridized carbons (Fsp3) is 0.375. The highest BCUT2D eigenvalue weighted by Gasteiger charge is 2.39. The molecule has 31 heavy (non-hydrogen) atoms. The fourth-order valence-electron chi connectivity index (χ4n) is 4.28. The van der Waals surface area contributed by atoms with E-state index in [9.17, 15) is 14.4 Å². The SMILES string of the molecule is CNC(CNCc1ccc2c(c1)C(=O)N(C1CCC(=O)NC1=O)C2)Cc1ccccc1. The second kappa shape index (κ2) is 9.41. The van der Waals surface area contributed by atoms with Crippen molar-refractivity contribution in [2.24, 2.45) is 0 Å². The van der Waals surface area contributed by atoms with Crippen molar-refractivity contribution >= 4 is 17.7 Å². The number of carbonyl (C=O) groups is 3. The molecule has 162 valence electrons. The van der Waals surface area contributed by atoms with E-state index in [2.05, 4.69) is 40.2 Å². The van der Waals surface area contributed by atoms with Gasteiger partial charge in [0.1, 0.15) is 6.04 Å². The Morgan fingerprint density at radius 1 is 1.10 bits per heavy atom. The zero-order chi connectivity index (χ0) is 21.8. The molecule has 2 unspecified atom stereocenters. The van der Waals surface area contributed by atoms with Gasteiger partial charge in [0.25, 0.3) is 5.91 Å². The number of hydrogen-bond donors (Lipinski definition) is 3. The topological polar surface area (TPSA) is 90.5 Å². The standard InChI is InChI=1S/C24H28N4O3/c1-25-19(11-16-5-3-2-4-6-16)14-26-13-17-7-8-18-15-28(24(31)20(18)12-17)21-9-10-22(29)27-23(21)30/h2-8,12,19,21,25-26H,9-11,13-15H2,1H3,(H,27,29,30). The summed E-state index contributed by atoms with van der Waals surface area (Å²) in [5.41, 5.74) is 3.90. The molecule has 0 bridgehead atoms. The summed E-state index contributed by atoms with van der Waals surface area (Å²) in [7, 11) is 1.97. The molecular weight excluding hydrogens is 392 g/mol. The molecule has 7 heteroatoms. The first kappa shape index (κ1) is 21.2. The maximum Gasteiger partial charge on any atom is 0.255 e. The van der Waals surface area contributed by atoms with E-state index in [1.165, 1.54) is 5.56 Å². The van der Waals surface area contributed by atoms with Gasteiger partial charge in [-0.05, 0) is 42.6 Å². The highest BCUT2D eigenvalue weighted by Crippen LogP contribution is 2.28. The van der Waals surface area contributed by atoms with Gasteiger partial charge >= 0.3 is 0 Å². The minimum Gasteiger partial charge on any atom is -0.322 e. The zero-order valence-electron chi connectivity index (χ0n) is 17.7. The summed E-state index contributed by atoms with van der Waals surface area (Å²) in [6.45, 7) is 1.87. The molecule has 0 radical (unpaired) electrons. The number of rotatable bonds is 8. The molecular formula is C24H28N4O3. The number of imide groups is 1. The number of fused-ring (bicyclic) bond motifs is 1. The molecule has 1 saturated heterocycles. The molecule has 0 saturated carbocycles. The molecule has 2 heterocycles. The van der Waals surface area contributed by atoms with Gasteiger partial charge in [-0.1, -0.05) is 42.5 Å². The molecule has 0 aliphatic carbocycles. The van der Waals surface area contributed by atoms with Crippen molar-refractivity contribution in [1.82, 2.24) is 20.9 Å². The molecule has 3 N–H and O–H groups in total. The van der Waals surface area contributed by atoms with E-state index in [1.54, 1.807) is 4.90 Å². The Morgan fingerprint density at radius 3 is 2.65 bits per heavy atom. The number of amides is 3. The first-order chi connectivity index (χ1) is 15.0. The minimum absolute atomic E-state index is 0.136. The van der Waals surface area contributed by atoms with Gasteiger partial charge in [0.05, 0.1) is 0 Å². The van der Waals surface area contributed by atoms with Crippen molar-refractivity contribution in [3.8, 4) is 0 Å². The monoisotopic (exact) mass is 420 g/mol. The molecule has 0 spiro atoms. The number of nitrogens with one attached hydrogen (secondary N) is 3. The van der Waals surface area contributed by atoms with E-state index in [1.807, 2.05) is 31.3 Å². The van der Waals surface area contributed by atoms with Gasteiger partial charge in [-0.15, -0.1) is 0 Å². The summed E-state index contributed by atoms with van der Waals surface area (Å²) >= 11 is 0. The van der Waals surface area contributed by atoms with Crippen LogP contribution >= 0.6 is 0 Å². The van der Waals surface area contributed by atoms with Crippen LogP contribution in [0.15, 0.2) is 48.5 Å². The lowest BCUT2D eigenvalue weighted by Gasteiger charge is -2.29. The molecule has 2 aliphatic heterocycles. The molecule has 2 aliphatic rings. The van der Waals surface area contributed by atoms with Gasteiger partial charge in [0, 0.05) is 37.7 Å². The third-order valence-electron chi connectivity index (χ3n) is 6.05. The van der Waals surface area contributed by atoms with Gasteiger partial charge < -0.3 is 15.5 Å². The fourth-order valence-corrected chi connectivity index (χ4v) is 4.28. The van der Waals surface area contributed by atoms with Crippen LogP contribution in [0.2, 0.25) is 0 Å². The molecule has 2 aromatic rings. The molecule has 7 nitrogen and oxygen atoms in total. The lowest BCUT2D eigenvalue weighted by Crippen LogP contribution is -2.52. The third kappa shape index (κ3) is 4.84. The second-order valence-corrected chi connectivity index (χ2v) is 8.20. The van der Waals surface area contributed by atoms with Gasteiger partial charge in [0.15, 0.2) is 0 Å². The lowest BCUT2D eigenvalue weighted by atomic mass is 10.0. The molecule has 1 fully saturated rings. The Labute approximate surface area is 182 Å². The number of likely N-dealkylation sites (N-methyl/N-ethyl adjacent to an activating group) is 1. The molecule has 4 rings (SSSR count). The molecule has 0 aromatic heterocycles. The first-order valence-electron chi connectivity index (χ1n) is 10.7. The Morgan fingerprint density at radius 2 is 1.90 bits per heavy atom. The zero-order valence-corrected chi connectivity index (χ0v) is 17.7. The van der Waals surface area contributed by atoms with Crippen LogP contribution < -0.4 is 16.0 Å². The Balaban J connectivity index is 1.34. The van der Waals surface area contributed by atoms with Crippen molar-refractivity contribution in [2.75, 3.05) is 13.6 Å². The number of carbonyl (C=O) groups excluding carboxylic acids is 3. The normalized spacial score (nSPS) is 19.3. The Bertz CT molecular complexity index is 976. The minimum atomic E-state index is -0.575. The highest BCUT2D eigenvalue weighted by molar-refractivity contribution is 6.05. The Kier molecular flexibility index (Phi) is 6.44. The van der Waals surface area contributed by atoms with Crippen LogP contribution in [-0.4, -0.2) is 48.3 Å². The average Bonchev–Trinajstić information content (AvgIpc) is 3.09. The largest absolute Gasteiger partial charge is 0.322 e. The van der Waals surface area contributed by atoms with Crippen LogP contribution in [0.1, 0.15) is 39.9 Å². The number of nitrogens with zero attached hydrogens (tertiary/aromatic N) is 1. The van der Waals surface area contributed by atoms with E-state index in [4.69, 9.17) is 0 Å². The smallest absolute Gasteiger partial charge is 0.255 e. The Hall–Kier alpha value is -3.03. The van der Waals surface area contributed by atoms with E-state index in [0.29, 0.717) is 31.1 Å². The van der Waals surface area contributed by atoms with E-state index < -0.39 is 6.04 Å². The van der Waals surface area contributed by atoms with Gasteiger partial charge in [-0.2, -0.15) is 0 Å². The lowest BCUT2D eigenvalue weighted by molar-refractivity contribution is -0.136. The predicted molar refractivity (Wildman–Crippen MR) is 117 cm³/mol. The van der Waals surface area contributed by atoms with Crippen LogP contribution in [0.3, 0.4) is 0 Å². The van der Waals surface area contributed by atoms with Crippen molar-refractivity contribution in [2.45, 2.75) is 44.4 Å². The van der Waals surface area contributed by atoms with E-state index in [0.717, 1.165) is 24.1 Å².